The molecule has 6 nitrogen and oxygen atoms in total. The second-order valence-electron chi connectivity index (χ2n) is 4.95. The predicted octanol–water partition coefficient (Wildman–Crippen LogP) is 0.292. The average molecular weight is 277 g/mol. The summed E-state index contributed by atoms with van der Waals surface area (Å²) in [7, 11) is -3.39. The van der Waals surface area contributed by atoms with Crippen LogP contribution in [0.4, 0.5) is 0 Å². The van der Waals surface area contributed by atoms with Gasteiger partial charge in [-0.2, -0.15) is 0 Å². The van der Waals surface area contributed by atoms with E-state index in [-0.39, 0.29) is 18.4 Å². The zero-order chi connectivity index (χ0) is 13.2. The first-order valence-corrected chi connectivity index (χ1v) is 7.92. The van der Waals surface area contributed by atoms with Gasteiger partial charge < -0.3 is 9.84 Å². The Morgan fingerprint density at radius 2 is 2.11 bits per heavy atom. The Morgan fingerprint density at radius 1 is 1.33 bits per heavy atom. The first kappa shape index (κ1) is 13.8. The van der Waals surface area contributed by atoms with E-state index in [2.05, 4.69) is 0 Å². The van der Waals surface area contributed by atoms with Gasteiger partial charge in [0.2, 0.25) is 10.0 Å². The average Bonchev–Trinajstić information content (AvgIpc) is 2.81. The third-order valence-corrected chi connectivity index (χ3v) is 5.46. The molecule has 2 saturated heterocycles. The summed E-state index contributed by atoms with van der Waals surface area (Å²) in [5.41, 5.74) is 0. The van der Waals surface area contributed by atoms with Gasteiger partial charge in [-0.25, -0.2) is 12.7 Å². The van der Waals surface area contributed by atoms with Gasteiger partial charge in [-0.3, -0.25) is 4.79 Å². The smallest absolute Gasteiger partial charge is 0.307 e. The molecular formula is C11H19NO5S. The van der Waals surface area contributed by atoms with Gasteiger partial charge in [0.05, 0.1) is 17.8 Å². The Bertz CT molecular complexity index is 402. The molecule has 2 rings (SSSR count). The fourth-order valence-corrected chi connectivity index (χ4v) is 4.27. The van der Waals surface area contributed by atoms with E-state index in [0.29, 0.717) is 26.0 Å². The lowest BCUT2D eigenvalue weighted by molar-refractivity contribution is -0.142. The minimum Gasteiger partial charge on any atom is -0.481 e. The van der Waals surface area contributed by atoms with Crippen molar-refractivity contribution in [1.82, 2.24) is 4.31 Å². The van der Waals surface area contributed by atoms with Crippen LogP contribution in [0.15, 0.2) is 0 Å². The van der Waals surface area contributed by atoms with E-state index in [4.69, 9.17) is 9.84 Å². The summed E-state index contributed by atoms with van der Waals surface area (Å²) >= 11 is 0. The topological polar surface area (TPSA) is 83.9 Å². The second kappa shape index (κ2) is 5.54. The van der Waals surface area contributed by atoms with E-state index in [0.717, 1.165) is 12.8 Å². The molecule has 2 atom stereocenters. The molecule has 0 aromatic carbocycles. The summed E-state index contributed by atoms with van der Waals surface area (Å²) in [6.45, 7) is 1.15. The summed E-state index contributed by atoms with van der Waals surface area (Å²) in [5, 5.41) is 8.96. The van der Waals surface area contributed by atoms with Crippen molar-refractivity contribution in [3.8, 4) is 0 Å². The number of piperidine rings is 1. The molecule has 0 aromatic heterocycles. The maximum atomic E-state index is 12.2. The minimum absolute atomic E-state index is 0.0145. The van der Waals surface area contributed by atoms with Crippen LogP contribution >= 0.6 is 0 Å². The molecule has 1 N–H and O–H groups in total. The predicted molar refractivity (Wildman–Crippen MR) is 64.7 cm³/mol. The summed E-state index contributed by atoms with van der Waals surface area (Å²) in [4.78, 5) is 10.9. The molecule has 18 heavy (non-hydrogen) atoms. The molecule has 0 amide bonds. The number of hydrogen-bond donors (Lipinski definition) is 1. The monoisotopic (exact) mass is 277 g/mol. The van der Waals surface area contributed by atoms with Gasteiger partial charge in [-0.05, 0) is 25.7 Å². The van der Waals surface area contributed by atoms with E-state index in [1.807, 2.05) is 0 Å². The minimum atomic E-state index is -3.39. The number of aliphatic carboxylic acids is 1. The summed E-state index contributed by atoms with van der Waals surface area (Å²) in [6.07, 6.45) is 2.62. The zero-order valence-corrected chi connectivity index (χ0v) is 11.1. The van der Waals surface area contributed by atoms with Gasteiger partial charge >= 0.3 is 5.97 Å². The molecule has 0 aliphatic carbocycles. The Morgan fingerprint density at radius 3 is 2.72 bits per heavy atom. The fraction of sp³-hybridized carbons (Fsp3) is 0.909. The number of carboxylic acid groups (broad SMARTS) is 1. The van der Waals surface area contributed by atoms with Crippen LogP contribution in [0.3, 0.4) is 0 Å². The molecule has 0 aromatic rings. The summed E-state index contributed by atoms with van der Waals surface area (Å²) in [6, 6.07) is 0. The van der Waals surface area contributed by atoms with Gasteiger partial charge in [0.1, 0.15) is 0 Å². The number of sulfonamides is 1. The molecule has 0 saturated carbocycles. The van der Waals surface area contributed by atoms with Crippen LogP contribution in [-0.2, 0) is 19.6 Å². The maximum Gasteiger partial charge on any atom is 0.307 e. The second-order valence-corrected chi connectivity index (χ2v) is 6.96. The van der Waals surface area contributed by atoms with Crippen molar-refractivity contribution < 1.29 is 23.1 Å². The largest absolute Gasteiger partial charge is 0.481 e. The van der Waals surface area contributed by atoms with Crippen LogP contribution in [0.2, 0.25) is 0 Å². The normalized spacial score (nSPS) is 30.4. The molecule has 0 spiro atoms. The van der Waals surface area contributed by atoms with Crippen LogP contribution in [0.25, 0.3) is 0 Å². The molecular weight excluding hydrogens is 258 g/mol. The Hall–Kier alpha value is -0.660. The SMILES string of the molecule is O=C(O)[C@@H]1CCCN(S(=O)(=O)CC2CCCO2)C1. The highest BCUT2D eigenvalue weighted by Crippen LogP contribution is 2.22. The van der Waals surface area contributed by atoms with Crippen LogP contribution in [-0.4, -0.2) is 55.4 Å². The van der Waals surface area contributed by atoms with E-state index >= 15 is 0 Å². The molecule has 1 unspecified atom stereocenters. The van der Waals surface area contributed by atoms with Crippen LogP contribution in [0.1, 0.15) is 25.7 Å². The quantitative estimate of drug-likeness (QED) is 0.798. The molecule has 7 heteroatoms. The van der Waals surface area contributed by atoms with Gasteiger partial charge in [0, 0.05) is 19.7 Å². The number of carboxylic acids is 1. The standard InChI is InChI=1S/C11H19NO5S/c13-11(14)9-3-1-5-12(7-9)18(15,16)8-10-4-2-6-17-10/h9-10H,1-8H2,(H,13,14)/t9-,10?/m1/s1. The number of rotatable bonds is 4. The number of nitrogens with zero attached hydrogens (tertiary/aromatic N) is 1. The highest BCUT2D eigenvalue weighted by Gasteiger charge is 2.34. The number of hydrogen-bond acceptors (Lipinski definition) is 4. The molecule has 104 valence electrons. The maximum absolute atomic E-state index is 12.2. The lowest BCUT2D eigenvalue weighted by Gasteiger charge is -2.30. The molecule has 2 aliphatic rings. The van der Waals surface area contributed by atoms with E-state index < -0.39 is 21.9 Å². The van der Waals surface area contributed by atoms with Gasteiger partial charge in [-0.1, -0.05) is 0 Å². The molecule has 2 heterocycles. The van der Waals surface area contributed by atoms with E-state index in [1.165, 1.54) is 4.31 Å². The van der Waals surface area contributed by atoms with Crippen LogP contribution < -0.4 is 0 Å². The highest BCUT2D eigenvalue weighted by atomic mass is 32.2. The van der Waals surface area contributed by atoms with Crippen LogP contribution in [0, 0.1) is 5.92 Å². The number of ether oxygens (including phenoxy) is 1. The fourth-order valence-electron chi connectivity index (χ4n) is 2.51. The summed E-state index contributed by atoms with van der Waals surface area (Å²) in [5.74, 6) is -1.50. The van der Waals surface area contributed by atoms with Crippen molar-refractivity contribution in [3.63, 3.8) is 0 Å². The van der Waals surface area contributed by atoms with Gasteiger partial charge in [-0.15, -0.1) is 0 Å². The lowest BCUT2D eigenvalue weighted by Crippen LogP contribution is -2.44. The summed E-state index contributed by atoms with van der Waals surface area (Å²) < 4.78 is 31.0. The van der Waals surface area contributed by atoms with Crippen molar-refractivity contribution in [2.45, 2.75) is 31.8 Å². The molecule has 0 radical (unpaired) electrons. The third kappa shape index (κ3) is 3.21. The van der Waals surface area contributed by atoms with Gasteiger partial charge in [0.25, 0.3) is 0 Å². The Kier molecular flexibility index (Phi) is 4.24. The van der Waals surface area contributed by atoms with Crippen molar-refractivity contribution in [2.75, 3.05) is 25.4 Å². The molecule has 2 fully saturated rings. The van der Waals surface area contributed by atoms with Crippen molar-refractivity contribution in [2.24, 2.45) is 5.92 Å². The van der Waals surface area contributed by atoms with Crippen LogP contribution in [0.5, 0.6) is 0 Å². The Balaban J connectivity index is 1.97. The zero-order valence-electron chi connectivity index (χ0n) is 10.2. The van der Waals surface area contributed by atoms with E-state index in [9.17, 15) is 13.2 Å². The lowest BCUT2D eigenvalue weighted by atomic mass is 10.0. The van der Waals surface area contributed by atoms with Crippen molar-refractivity contribution in [3.05, 3.63) is 0 Å². The van der Waals surface area contributed by atoms with Gasteiger partial charge in [0.15, 0.2) is 0 Å². The van der Waals surface area contributed by atoms with Crippen molar-refractivity contribution >= 4 is 16.0 Å². The van der Waals surface area contributed by atoms with Crippen molar-refractivity contribution in [1.29, 1.82) is 0 Å². The highest BCUT2D eigenvalue weighted by molar-refractivity contribution is 7.89. The molecule has 0 bridgehead atoms. The first-order chi connectivity index (χ1) is 8.49. The molecule has 2 aliphatic heterocycles. The Labute approximate surface area is 107 Å². The number of carbonyl (C=O) groups is 1. The third-order valence-electron chi connectivity index (χ3n) is 3.55. The van der Waals surface area contributed by atoms with E-state index in [1.54, 1.807) is 0 Å². The first-order valence-electron chi connectivity index (χ1n) is 6.31.